The number of furan rings is 1. The lowest BCUT2D eigenvalue weighted by atomic mass is 10.0. The third-order valence-electron chi connectivity index (χ3n) is 3.22. The summed E-state index contributed by atoms with van der Waals surface area (Å²) in [5.74, 6) is 1.93. The van der Waals surface area contributed by atoms with E-state index < -0.39 is 0 Å². The summed E-state index contributed by atoms with van der Waals surface area (Å²) in [6.45, 7) is 2.09. The van der Waals surface area contributed by atoms with Crippen LogP contribution >= 0.6 is 0 Å². The van der Waals surface area contributed by atoms with E-state index in [-0.39, 0.29) is 6.04 Å². The highest BCUT2D eigenvalue weighted by Gasteiger charge is 2.10. The molecule has 0 bridgehead atoms. The van der Waals surface area contributed by atoms with Crippen molar-refractivity contribution in [2.45, 2.75) is 38.6 Å². The van der Waals surface area contributed by atoms with Crippen LogP contribution in [0.15, 0.2) is 46.9 Å². The van der Waals surface area contributed by atoms with Gasteiger partial charge in [0.25, 0.3) is 0 Å². The second kappa shape index (κ2) is 6.41. The molecule has 0 aliphatic rings. The summed E-state index contributed by atoms with van der Waals surface area (Å²) >= 11 is 0. The van der Waals surface area contributed by atoms with E-state index in [2.05, 4.69) is 31.2 Å². The number of hydrogen-bond acceptors (Lipinski definition) is 2. The van der Waals surface area contributed by atoms with Crippen LogP contribution in [0.4, 0.5) is 0 Å². The highest BCUT2D eigenvalue weighted by molar-refractivity contribution is 5.15. The maximum atomic E-state index is 6.13. The average molecular weight is 243 g/mol. The minimum absolute atomic E-state index is 0.0222. The van der Waals surface area contributed by atoms with Crippen LogP contribution in [0, 0.1) is 0 Å². The van der Waals surface area contributed by atoms with Crippen molar-refractivity contribution in [3.05, 3.63) is 59.5 Å². The second-order valence-electron chi connectivity index (χ2n) is 4.64. The summed E-state index contributed by atoms with van der Waals surface area (Å²) in [6, 6.07) is 14.6. The van der Waals surface area contributed by atoms with E-state index in [0.717, 1.165) is 37.2 Å². The van der Waals surface area contributed by atoms with Gasteiger partial charge in [0.1, 0.15) is 11.5 Å². The molecule has 96 valence electrons. The first-order valence-electron chi connectivity index (χ1n) is 6.67. The van der Waals surface area contributed by atoms with Gasteiger partial charge in [-0.3, -0.25) is 0 Å². The number of rotatable bonds is 6. The third-order valence-corrected chi connectivity index (χ3v) is 3.22. The van der Waals surface area contributed by atoms with Crippen LogP contribution in [0.2, 0.25) is 0 Å². The summed E-state index contributed by atoms with van der Waals surface area (Å²) in [5, 5.41) is 0. The van der Waals surface area contributed by atoms with Gasteiger partial charge >= 0.3 is 0 Å². The molecule has 0 aliphatic carbocycles. The normalized spacial score (nSPS) is 12.6. The van der Waals surface area contributed by atoms with Crippen LogP contribution in [0.25, 0.3) is 0 Å². The molecule has 0 aliphatic heterocycles. The van der Waals surface area contributed by atoms with Gasteiger partial charge in [-0.05, 0) is 37.0 Å². The van der Waals surface area contributed by atoms with E-state index in [0.29, 0.717) is 0 Å². The Labute approximate surface area is 109 Å². The van der Waals surface area contributed by atoms with Crippen LogP contribution in [0.1, 0.15) is 42.9 Å². The Hall–Kier alpha value is -1.54. The van der Waals surface area contributed by atoms with Gasteiger partial charge in [0.2, 0.25) is 0 Å². The fourth-order valence-corrected chi connectivity index (χ4v) is 2.10. The predicted octanol–water partition coefficient (Wildman–Crippen LogP) is 3.86. The Morgan fingerprint density at radius 2 is 1.89 bits per heavy atom. The molecule has 0 spiro atoms. The van der Waals surface area contributed by atoms with E-state index in [1.165, 1.54) is 5.56 Å². The molecule has 0 amide bonds. The Bertz CT molecular complexity index is 461. The molecule has 1 unspecified atom stereocenters. The zero-order valence-electron chi connectivity index (χ0n) is 10.9. The molecule has 0 saturated carbocycles. The summed E-state index contributed by atoms with van der Waals surface area (Å²) in [6.07, 6.45) is 4.06. The van der Waals surface area contributed by atoms with Crippen LogP contribution in [0.5, 0.6) is 0 Å². The lowest BCUT2D eigenvalue weighted by molar-refractivity contribution is 0.420. The lowest BCUT2D eigenvalue weighted by Gasteiger charge is -2.08. The van der Waals surface area contributed by atoms with Crippen LogP contribution < -0.4 is 5.73 Å². The summed E-state index contributed by atoms with van der Waals surface area (Å²) < 4.78 is 5.67. The van der Waals surface area contributed by atoms with Crippen LogP contribution in [-0.4, -0.2) is 0 Å². The highest BCUT2D eigenvalue weighted by atomic mass is 16.3. The largest absolute Gasteiger partial charge is 0.464 e. The molecule has 0 saturated heterocycles. The molecule has 18 heavy (non-hydrogen) atoms. The van der Waals surface area contributed by atoms with Gasteiger partial charge in [-0.2, -0.15) is 0 Å². The SMILES string of the molecule is CCc1ccc(C(N)CCCc2ccccc2)o1. The third kappa shape index (κ3) is 3.47. The van der Waals surface area contributed by atoms with Crippen LogP contribution in [0.3, 0.4) is 0 Å². The Morgan fingerprint density at radius 3 is 2.56 bits per heavy atom. The monoisotopic (exact) mass is 243 g/mol. The first-order valence-corrected chi connectivity index (χ1v) is 6.67. The minimum Gasteiger partial charge on any atom is -0.464 e. The Kier molecular flexibility index (Phi) is 4.59. The molecular formula is C16H21NO. The minimum atomic E-state index is 0.0222. The molecule has 1 atom stereocenters. The van der Waals surface area contributed by atoms with E-state index in [1.807, 2.05) is 18.2 Å². The number of aryl methyl sites for hydroxylation is 2. The smallest absolute Gasteiger partial charge is 0.120 e. The molecule has 2 rings (SSSR count). The fraction of sp³-hybridized carbons (Fsp3) is 0.375. The Balaban J connectivity index is 1.79. The van der Waals surface area contributed by atoms with Gasteiger partial charge in [-0.15, -0.1) is 0 Å². The zero-order valence-corrected chi connectivity index (χ0v) is 10.9. The van der Waals surface area contributed by atoms with Gasteiger partial charge in [0, 0.05) is 6.42 Å². The van der Waals surface area contributed by atoms with E-state index in [1.54, 1.807) is 0 Å². The average Bonchev–Trinajstić information content (AvgIpc) is 2.89. The molecular weight excluding hydrogens is 222 g/mol. The standard InChI is InChI=1S/C16H21NO/c1-2-14-11-12-16(18-14)15(17)10-6-9-13-7-4-3-5-8-13/h3-5,7-8,11-12,15H,2,6,9-10,17H2,1H3. The van der Waals surface area contributed by atoms with Crippen molar-refractivity contribution in [1.29, 1.82) is 0 Å². The van der Waals surface area contributed by atoms with Gasteiger partial charge in [-0.25, -0.2) is 0 Å². The van der Waals surface area contributed by atoms with Gasteiger partial charge in [0.15, 0.2) is 0 Å². The first-order chi connectivity index (χ1) is 8.79. The second-order valence-corrected chi connectivity index (χ2v) is 4.64. The number of benzene rings is 1. The van der Waals surface area contributed by atoms with Gasteiger partial charge < -0.3 is 10.2 Å². The van der Waals surface area contributed by atoms with Crippen molar-refractivity contribution in [1.82, 2.24) is 0 Å². The quantitative estimate of drug-likeness (QED) is 0.836. The zero-order chi connectivity index (χ0) is 12.8. The van der Waals surface area contributed by atoms with Gasteiger partial charge in [0.05, 0.1) is 6.04 Å². The van der Waals surface area contributed by atoms with E-state index >= 15 is 0 Å². The van der Waals surface area contributed by atoms with Crippen LogP contribution in [-0.2, 0) is 12.8 Å². The molecule has 0 radical (unpaired) electrons. The van der Waals surface area contributed by atoms with Crippen molar-refractivity contribution >= 4 is 0 Å². The summed E-state index contributed by atoms with van der Waals surface area (Å²) in [7, 11) is 0. The van der Waals surface area contributed by atoms with E-state index in [9.17, 15) is 0 Å². The topological polar surface area (TPSA) is 39.2 Å². The number of hydrogen-bond donors (Lipinski definition) is 1. The van der Waals surface area contributed by atoms with Gasteiger partial charge in [-0.1, -0.05) is 37.3 Å². The van der Waals surface area contributed by atoms with Crippen molar-refractivity contribution in [2.24, 2.45) is 5.73 Å². The molecule has 1 heterocycles. The number of nitrogens with two attached hydrogens (primary N) is 1. The molecule has 2 nitrogen and oxygen atoms in total. The van der Waals surface area contributed by atoms with Crippen molar-refractivity contribution in [3.8, 4) is 0 Å². The molecule has 2 heteroatoms. The summed E-state index contributed by atoms with van der Waals surface area (Å²) in [4.78, 5) is 0. The first kappa shape index (κ1) is 12.9. The fourth-order valence-electron chi connectivity index (χ4n) is 2.10. The maximum absolute atomic E-state index is 6.13. The van der Waals surface area contributed by atoms with Crippen molar-refractivity contribution in [3.63, 3.8) is 0 Å². The molecule has 1 aromatic carbocycles. The predicted molar refractivity (Wildman–Crippen MR) is 74.4 cm³/mol. The molecule has 1 aromatic heterocycles. The van der Waals surface area contributed by atoms with E-state index in [4.69, 9.17) is 10.2 Å². The van der Waals surface area contributed by atoms with Crippen molar-refractivity contribution in [2.75, 3.05) is 0 Å². The van der Waals surface area contributed by atoms with Crippen molar-refractivity contribution < 1.29 is 4.42 Å². The highest BCUT2D eigenvalue weighted by Crippen LogP contribution is 2.20. The summed E-state index contributed by atoms with van der Waals surface area (Å²) in [5.41, 5.74) is 7.51. The molecule has 2 N–H and O–H groups in total. The lowest BCUT2D eigenvalue weighted by Crippen LogP contribution is -2.09. The molecule has 0 fully saturated rings. The maximum Gasteiger partial charge on any atom is 0.120 e. The Morgan fingerprint density at radius 1 is 1.11 bits per heavy atom. The molecule has 2 aromatic rings.